The van der Waals surface area contributed by atoms with Crippen LogP contribution in [-0.4, -0.2) is 38.8 Å². The van der Waals surface area contributed by atoms with Gasteiger partial charge < -0.3 is 10.1 Å². The van der Waals surface area contributed by atoms with Crippen molar-refractivity contribution in [1.29, 1.82) is 0 Å². The third-order valence-corrected chi connectivity index (χ3v) is 7.50. The molecule has 0 radical (unpaired) electrons. The molecule has 3 rings (SSSR count). The largest absolute Gasteiger partial charge is 0.497 e. The van der Waals surface area contributed by atoms with E-state index in [1.54, 1.807) is 25.3 Å². The molecule has 1 aliphatic rings. The Kier molecular flexibility index (Phi) is 7.39. The minimum Gasteiger partial charge on any atom is -0.497 e. The van der Waals surface area contributed by atoms with E-state index in [4.69, 9.17) is 16.3 Å². The van der Waals surface area contributed by atoms with E-state index < -0.39 is 10.0 Å². The number of piperidine rings is 1. The van der Waals surface area contributed by atoms with Gasteiger partial charge >= 0.3 is 0 Å². The number of aryl methyl sites for hydroxylation is 1. The van der Waals surface area contributed by atoms with Crippen molar-refractivity contribution < 1.29 is 17.9 Å². The van der Waals surface area contributed by atoms with E-state index in [-0.39, 0.29) is 16.7 Å². The van der Waals surface area contributed by atoms with E-state index >= 15 is 0 Å². The summed E-state index contributed by atoms with van der Waals surface area (Å²) in [5.41, 5.74) is 1.69. The maximum Gasteiger partial charge on any atom is 0.243 e. The molecule has 8 heteroatoms. The molecule has 6 nitrogen and oxygen atoms in total. The van der Waals surface area contributed by atoms with E-state index in [0.29, 0.717) is 31.0 Å². The SMILES string of the molecule is COc1ccc(NC(=O)CCC2CCCN(S(=O)(=O)c3cccc(Cl)c3)C2)c(C)c1. The summed E-state index contributed by atoms with van der Waals surface area (Å²) < 4.78 is 32.6. The molecule has 1 N–H and O–H groups in total. The molecule has 1 fully saturated rings. The number of amides is 1. The second-order valence-corrected chi connectivity index (χ2v) is 9.97. The quantitative estimate of drug-likeness (QED) is 0.674. The fourth-order valence-electron chi connectivity index (χ4n) is 3.71. The molecule has 30 heavy (non-hydrogen) atoms. The van der Waals surface area contributed by atoms with Crippen LogP contribution in [0.4, 0.5) is 5.69 Å². The van der Waals surface area contributed by atoms with Crippen LogP contribution in [0.25, 0.3) is 0 Å². The highest BCUT2D eigenvalue weighted by Crippen LogP contribution is 2.28. The number of halogens is 1. The zero-order valence-corrected chi connectivity index (χ0v) is 18.8. The summed E-state index contributed by atoms with van der Waals surface area (Å²) >= 11 is 5.96. The number of carbonyl (C=O) groups is 1. The lowest BCUT2D eigenvalue weighted by molar-refractivity contribution is -0.116. The summed E-state index contributed by atoms with van der Waals surface area (Å²) in [5, 5.41) is 3.33. The molecule has 2 aromatic rings. The zero-order chi connectivity index (χ0) is 21.7. The highest BCUT2D eigenvalue weighted by Gasteiger charge is 2.30. The number of sulfonamides is 1. The van der Waals surface area contributed by atoms with Crippen LogP contribution in [0.2, 0.25) is 5.02 Å². The first kappa shape index (κ1) is 22.6. The lowest BCUT2D eigenvalue weighted by Gasteiger charge is -2.32. The summed E-state index contributed by atoms with van der Waals surface area (Å²) in [4.78, 5) is 12.6. The standard InChI is InChI=1S/C22H27ClN2O4S/c1-16-13-19(29-2)9-10-21(16)24-22(26)11-8-17-5-4-12-25(15-17)30(27,28)20-7-3-6-18(23)14-20/h3,6-7,9-10,13-14,17H,4-5,8,11-12,15H2,1-2H3,(H,24,26). The highest BCUT2D eigenvalue weighted by atomic mass is 35.5. The molecule has 1 aliphatic heterocycles. The van der Waals surface area contributed by atoms with E-state index in [9.17, 15) is 13.2 Å². The van der Waals surface area contributed by atoms with E-state index in [1.807, 2.05) is 25.1 Å². The summed E-state index contributed by atoms with van der Waals surface area (Å²) in [5.74, 6) is 0.822. The van der Waals surface area contributed by atoms with Gasteiger partial charge in [0.2, 0.25) is 15.9 Å². The first-order valence-corrected chi connectivity index (χ1v) is 11.8. The number of hydrogen-bond acceptors (Lipinski definition) is 4. The van der Waals surface area contributed by atoms with Gasteiger partial charge in [-0.05, 0) is 74.1 Å². The molecule has 1 amide bonds. The number of nitrogens with zero attached hydrogens (tertiary/aromatic N) is 1. The summed E-state index contributed by atoms with van der Waals surface area (Å²) in [6.07, 6.45) is 2.68. The van der Waals surface area contributed by atoms with Crippen molar-refractivity contribution in [3.05, 3.63) is 53.1 Å². The van der Waals surface area contributed by atoms with Crippen LogP contribution in [0.15, 0.2) is 47.4 Å². The van der Waals surface area contributed by atoms with Crippen molar-refractivity contribution in [1.82, 2.24) is 4.31 Å². The monoisotopic (exact) mass is 450 g/mol. The maximum absolute atomic E-state index is 12.9. The lowest BCUT2D eigenvalue weighted by Crippen LogP contribution is -2.40. The van der Waals surface area contributed by atoms with Gasteiger partial charge in [-0.15, -0.1) is 0 Å². The van der Waals surface area contributed by atoms with Crippen LogP contribution in [0.1, 0.15) is 31.2 Å². The van der Waals surface area contributed by atoms with Gasteiger partial charge in [-0.3, -0.25) is 4.79 Å². The third-order valence-electron chi connectivity index (χ3n) is 5.40. The topological polar surface area (TPSA) is 75.7 Å². The second-order valence-electron chi connectivity index (χ2n) is 7.60. The van der Waals surface area contributed by atoms with Crippen molar-refractivity contribution in [2.75, 3.05) is 25.5 Å². The number of benzene rings is 2. The normalized spacial score (nSPS) is 17.5. The molecule has 0 bridgehead atoms. The van der Waals surface area contributed by atoms with Gasteiger partial charge in [0.1, 0.15) is 5.75 Å². The molecule has 0 saturated carbocycles. The second kappa shape index (κ2) is 9.81. The van der Waals surface area contributed by atoms with Crippen LogP contribution in [-0.2, 0) is 14.8 Å². The van der Waals surface area contributed by atoms with Gasteiger partial charge in [0, 0.05) is 30.2 Å². The Balaban J connectivity index is 1.57. The van der Waals surface area contributed by atoms with Crippen LogP contribution < -0.4 is 10.1 Å². The highest BCUT2D eigenvalue weighted by molar-refractivity contribution is 7.89. The van der Waals surface area contributed by atoms with Gasteiger partial charge in [0.15, 0.2) is 0 Å². The molecular weight excluding hydrogens is 424 g/mol. The number of ether oxygens (including phenoxy) is 1. The minimum absolute atomic E-state index is 0.0712. The molecule has 2 aromatic carbocycles. The average molecular weight is 451 g/mol. The van der Waals surface area contributed by atoms with E-state index in [1.165, 1.54) is 10.4 Å². The molecule has 0 aromatic heterocycles. The van der Waals surface area contributed by atoms with Gasteiger partial charge in [-0.2, -0.15) is 4.31 Å². The van der Waals surface area contributed by atoms with E-state index in [2.05, 4.69) is 5.32 Å². The molecule has 1 heterocycles. The fraction of sp³-hybridized carbons (Fsp3) is 0.409. The first-order chi connectivity index (χ1) is 14.3. The Morgan fingerprint density at radius 1 is 1.27 bits per heavy atom. The molecular formula is C22H27ClN2O4S. The number of carbonyl (C=O) groups excluding carboxylic acids is 1. The number of anilines is 1. The van der Waals surface area contributed by atoms with Crippen molar-refractivity contribution in [2.45, 2.75) is 37.5 Å². The van der Waals surface area contributed by atoms with Crippen LogP contribution >= 0.6 is 11.6 Å². The molecule has 0 spiro atoms. The van der Waals surface area contributed by atoms with E-state index in [0.717, 1.165) is 29.8 Å². The van der Waals surface area contributed by atoms with Crippen molar-refractivity contribution >= 4 is 33.2 Å². The average Bonchev–Trinajstić information content (AvgIpc) is 2.74. The Bertz CT molecular complexity index is 1010. The molecule has 0 aliphatic carbocycles. The van der Waals surface area contributed by atoms with Gasteiger partial charge in [0.25, 0.3) is 0 Å². The Morgan fingerprint density at radius 3 is 2.77 bits per heavy atom. The summed E-state index contributed by atoms with van der Waals surface area (Å²) in [7, 11) is -1.98. The van der Waals surface area contributed by atoms with Gasteiger partial charge in [-0.25, -0.2) is 8.42 Å². The van der Waals surface area contributed by atoms with Crippen LogP contribution in [0.5, 0.6) is 5.75 Å². The predicted octanol–water partition coefficient (Wildman–Crippen LogP) is 4.48. The predicted molar refractivity (Wildman–Crippen MR) is 119 cm³/mol. The lowest BCUT2D eigenvalue weighted by atomic mass is 9.94. The summed E-state index contributed by atoms with van der Waals surface area (Å²) in [6, 6.07) is 11.8. The van der Waals surface area contributed by atoms with Gasteiger partial charge in [0.05, 0.1) is 12.0 Å². The van der Waals surface area contributed by atoms with Crippen molar-refractivity contribution in [3.8, 4) is 5.75 Å². The Hall–Kier alpha value is -2.09. The molecule has 1 saturated heterocycles. The van der Waals surface area contributed by atoms with Gasteiger partial charge in [-0.1, -0.05) is 17.7 Å². The number of rotatable bonds is 7. The number of methoxy groups -OCH3 is 1. The maximum atomic E-state index is 12.9. The summed E-state index contributed by atoms with van der Waals surface area (Å²) in [6.45, 7) is 2.82. The zero-order valence-electron chi connectivity index (χ0n) is 17.2. The number of hydrogen-bond donors (Lipinski definition) is 1. The number of nitrogens with one attached hydrogen (secondary N) is 1. The first-order valence-electron chi connectivity index (χ1n) is 10.00. The Labute approximate surface area is 183 Å². The minimum atomic E-state index is -3.58. The fourth-order valence-corrected chi connectivity index (χ4v) is 5.56. The molecule has 1 atom stereocenters. The molecule has 162 valence electrons. The van der Waals surface area contributed by atoms with Crippen LogP contribution in [0.3, 0.4) is 0 Å². The Morgan fingerprint density at radius 2 is 2.07 bits per heavy atom. The molecule has 1 unspecified atom stereocenters. The smallest absolute Gasteiger partial charge is 0.243 e. The van der Waals surface area contributed by atoms with Crippen molar-refractivity contribution in [3.63, 3.8) is 0 Å². The van der Waals surface area contributed by atoms with Crippen LogP contribution in [0, 0.1) is 12.8 Å². The third kappa shape index (κ3) is 5.53. The van der Waals surface area contributed by atoms with Crippen molar-refractivity contribution in [2.24, 2.45) is 5.92 Å².